The van der Waals surface area contributed by atoms with Gasteiger partial charge in [-0.15, -0.1) is 0 Å². The summed E-state index contributed by atoms with van der Waals surface area (Å²) in [5.41, 5.74) is -4.33. The maximum Gasteiger partial charge on any atom is 0.341 e. The molecular weight excluding hydrogens is 1080 g/mol. The first kappa shape index (κ1) is 67.6. The van der Waals surface area contributed by atoms with Gasteiger partial charge in [-0.1, -0.05) is 45.9 Å². The summed E-state index contributed by atoms with van der Waals surface area (Å²) in [5, 5.41) is 61.6. The van der Waals surface area contributed by atoms with E-state index in [1.54, 1.807) is 59.1 Å². The Kier molecular flexibility index (Phi) is 23.0. The lowest BCUT2D eigenvalue weighted by molar-refractivity contribution is -0.302. The number of carbonyl (C=O) groups is 2. The van der Waals surface area contributed by atoms with Crippen LogP contribution in [0.15, 0.2) is 34.4 Å². The van der Waals surface area contributed by atoms with Crippen LogP contribution in [-0.4, -0.2) is 204 Å². The first-order valence-corrected chi connectivity index (χ1v) is 31.1. The number of hydrogen-bond donors (Lipinski definition) is 5. The Hall–Kier alpha value is -3.56. The molecule has 0 spiro atoms. The molecule has 1 aromatic carbocycles. The first-order valence-electron chi connectivity index (χ1n) is 29.5. The Bertz CT molecular complexity index is 2650. The molecule has 5 N–H and O–H groups in total. The van der Waals surface area contributed by atoms with Crippen molar-refractivity contribution in [3.05, 3.63) is 50.7 Å². The number of fused-ring (bicyclic) bond motifs is 1. The van der Waals surface area contributed by atoms with Crippen molar-refractivity contribution in [1.29, 1.82) is 0 Å². The standard InChI is InChI=1S/C59H96N4O18S/c1-15-46-59(11,71)51(66)36(6)47(60-72)34(4)29-57(9,70)53(80-56-49(65)45(61(12)13)27-35(5)77-56)37(7)50(38(8)55(69)79-46)78-41-26-33(3)52(58(10,30-41)75-14)81-82(73,74)25-23-62-22-21-40(31-62)76-24-17-18-39-19-20-44-42(28-39)48(64)43(54(67)68)32-63(44)16-2/h19-20,28,32-38,40-41,45-47,49-53,56,65-66,70-71H,15-18,21-27,29-31H2,1-14H3,(H,67,68)/t33-,34-,35-,36+,37+,38-,40-,41-,45+,46-,47?,49-,50+,51-,52+,53-,56+,57-,58-,59-/m1/s1. The summed E-state index contributed by atoms with van der Waals surface area (Å²) in [6.45, 7) is 20.9. The summed E-state index contributed by atoms with van der Waals surface area (Å²) in [6.07, 6.45) is -5.50. The number of esters is 1. The highest BCUT2D eigenvalue weighted by molar-refractivity contribution is 7.86. The van der Waals surface area contributed by atoms with Crippen molar-refractivity contribution in [3.63, 3.8) is 0 Å². The molecule has 22 nitrogen and oxygen atoms in total. The van der Waals surface area contributed by atoms with Gasteiger partial charge in [0.05, 0.1) is 71.1 Å². The lowest BCUT2D eigenvalue weighted by Gasteiger charge is -2.50. The zero-order valence-corrected chi connectivity index (χ0v) is 51.6. The predicted molar refractivity (Wildman–Crippen MR) is 307 cm³/mol. The molecule has 1 aromatic heterocycles. The number of pyridine rings is 1. The van der Waals surface area contributed by atoms with Gasteiger partial charge in [0.1, 0.15) is 29.5 Å². The highest BCUT2D eigenvalue weighted by Crippen LogP contribution is 2.44. The number of aliphatic hydroxyl groups excluding tert-OH is 2. The van der Waals surface area contributed by atoms with Crippen LogP contribution in [0.25, 0.3) is 10.9 Å². The van der Waals surface area contributed by atoms with Gasteiger partial charge in [0, 0.05) is 75.8 Å². The molecular formula is C59H96N4O18S. The van der Waals surface area contributed by atoms with E-state index in [0.29, 0.717) is 62.8 Å². The number of nitrogens with zero attached hydrogens (tertiary/aromatic N) is 4. The van der Waals surface area contributed by atoms with Crippen molar-refractivity contribution in [2.45, 2.75) is 224 Å². The van der Waals surface area contributed by atoms with Crippen LogP contribution >= 0.6 is 0 Å². The van der Waals surface area contributed by atoms with Crippen molar-refractivity contribution >= 4 is 33.0 Å². The zero-order chi connectivity index (χ0) is 61.0. The van der Waals surface area contributed by atoms with Crippen molar-refractivity contribution in [2.75, 3.05) is 53.2 Å². The van der Waals surface area contributed by atoms with Crippen LogP contribution < -0.4 is 5.43 Å². The van der Waals surface area contributed by atoms with Gasteiger partial charge in [0.2, 0.25) is 5.43 Å². The molecule has 466 valence electrons. The summed E-state index contributed by atoms with van der Waals surface area (Å²) in [5.74, 6) is -6.47. The number of carboxylic acids is 1. The molecule has 4 fully saturated rings. The summed E-state index contributed by atoms with van der Waals surface area (Å²) >= 11 is 0. The number of cyclic esters (lactones) is 1. The van der Waals surface area contributed by atoms with E-state index in [2.05, 4.69) is 5.18 Å². The number of aromatic nitrogens is 1. The normalized spacial score (nSPS) is 38.6. The van der Waals surface area contributed by atoms with Crippen LogP contribution in [0.1, 0.15) is 137 Å². The van der Waals surface area contributed by atoms with Gasteiger partial charge in [-0.05, 0) is 130 Å². The second-order valence-electron chi connectivity index (χ2n) is 25.2. The zero-order valence-electron chi connectivity index (χ0n) is 50.8. The number of carbonyl (C=O) groups excluding carboxylic acids is 1. The number of methoxy groups -OCH3 is 1. The number of likely N-dealkylation sites (tertiary alicyclic amines) is 1. The minimum absolute atomic E-state index is 0.0968. The van der Waals surface area contributed by atoms with Gasteiger partial charge in [-0.2, -0.15) is 13.3 Å². The van der Waals surface area contributed by atoms with Gasteiger partial charge < -0.3 is 63.4 Å². The third-order valence-electron chi connectivity index (χ3n) is 18.4. The van der Waals surface area contributed by atoms with Crippen LogP contribution in [0.4, 0.5) is 0 Å². The molecule has 6 rings (SSSR count). The number of hydrogen-bond acceptors (Lipinski definition) is 20. The largest absolute Gasteiger partial charge is 0.477 e. The minimum Gasteiger partial charge on any atom is -0.477 e. The Morgan fingerprint density at radius 2 is 1.63 bits per heavy atom. The highest BCUT2D eigenvalue weighted by Gasteiger charge is 2.54. The summed E-state index contributed by atoms with van der Waals surface area (Å²) in [6, 6.07) is 4.03. The van der Waals surface area contributed by atoms with Crippen LogP contribution in [0.5, 0.6) is 0 Å². The molecule has 23 heteroatoms. The molecule has 20 atom stereocenters. The third kappa shape index (κ3) is 15.5. The molecule has 1 saturated carbocycles. The molecule has 3 saturated heterocycles. The van der Waals surface area contributed by atoms with E-state index in [9.17, 15) is 53.2 Å². The van der Waals surface area contributed by atoms with Crippen LogP contribution in [0.2, 0.25) is 0 Å². The number of benzene rings is 1. The molecule has 1 unspecified atom stereocenters. The third-order valence-corrected chi connectivity index (χ3v) is 19.6. The summed E-state index contributed by atoms with van der Waals surface area (Å²) in [7, 11) is 1.02. The number of nitroso groups, excluding NO2 is 1. The second kappa shape index (κ2) is 27.9. The smallest absolute Gasteiger partial charge is 0.341 e. The molecule has 4 aliphatic rings. The van der Waals surface area contributed by atoms with E-state index in [-0.39, 0.29) is 61.8 Å². The average Bonchev–Trinajstić information content (AvgIpc) is 3.91. The number of carboxylic acid groups (broad SMARTS) is 1. The topological polar surface area (TPSA) is 292 Å². The van der Waals surface area contributed by atoms with E-state index in [1.165, 1.54) is 20.2 Å². The van der Waals surface area contributed by atoms with Gasteiger partial charge >= 0.3 is 11.9 Å². The maximum atomic E-state index is 14.6. The quantitative estimate of drug-likeness (QED) is 0.0497. The molecule has 4 heterocycles. The van der Waals surface area contributed by atoms with Gasteiger partial charge in [-0.25, -0.2) is 4.79 Å². The number of aryl methyl sites for hydroxylation is 2. The van der Waals surface area contributed by atoms with Crippen molar-refractivity contribution in [3.8, 4) is 0 Å². The molecule has 2 aromatic rings. The molecule has 1 aliphatic carbocycles. The van der Waals surface area contributed by atoms with Crippen LogP contribution in [0.3, 0.4) is 0 Å². The van der Waals surface area contributed by atoms with Gasteiger partial charge in [0.15, 0.2) is 6.29 Å². The van der Waals surface area contributed by atoms with Crippen LogP contribution in [0, 0.1) is 34.5 Å². The fourth-order valence-corrected chi connectivity index (χ4v) is 14.9. The molecule has 82 heavy (non-hydrogen) atoms. The van der Waals surface area contributed by atoms with E-state index in [0.717, 1.165) is 5.56 Å². The SMILES string of the molecule is CC[C@H]1OC(=O)[C@H](C)[C@@H](O[C@@H]2C[C@@H](C)[C@H](OS(=O)(=O)CCN3CC[C@@H](OCCCc4ccc5c(c4)c(=O)c(C(=O)O)cn5CC)C3)[C@](C)(OC)C2)[C@H](C)[C@@H](O[C@@H]2O[C@H](C)C[C@H](N(C)C)[C@H]2O)[C@](C)(O)C[C@@H](C)C(N=O)[C@H](C)[C@@H](O)[C@]1(C)O. The molecule has 3 aliphatic heterocycles. The fraction of sp³-hybridized carbons (Fsp3) is 0.814. The Labute approximate surface area is 484 Å². The maximum absolute atomic E-state index is 14.6. The second-order valence-corrected chi connectivity index (χ2v) is 26.9. The van der Waals surface area contributed by atoms with E-state index >= 15 is 0 Å². The number of likely N-dealkylation sites (N-methyl/N-ethyl adjacent to an activating group) is 1. The van der Waals surface area contributed by atoms with Crippen molar-refractivity contribution < 1.29 is 76.1 Å². The Balaban J connectivity index is 1.16. The van der Waals surface area contributed by atoms with Gasteiger partial charge in [0.25, 0.3) is 10.1 Å². The number of rotatable bonds is 20. The van der Waals surface area contributed by atoms with E-state index in [4.69, 9.17) is 32.6 Å². The van der Waals surface area contributed by atoms with Crippen molar-refractivity contribution in [2.24, 2.45) is 34.8 Å². The molecule has 0 amide bonds. The fourth-order valence-electron chi connectivity index (χ4n) is 13.7. The van der Waals surface area contributed by atoms with Gasteiger partial charge in [-0.3, -0.25) is 18.7 Å². The summed E-state index contributed by atoms with van der Waals surface area (Å²) < 4.78 is 74.3. The number of aliphatic hydroxyl groups is 4. The highest BCUT2D eigenvalue weighted by atomic mass is 32.2. The molecule has 0 radical (unpaired) electrons. The monoisotopic (exact) mass is 1180 g/mol. The predicted octanol–water partition coefficient (Wildman–Crippen LogP) is 5.13. The average molecular weight is 1180 g/mol. The number of ether oxygens (including phenoxy) is 6. The number of aromatic carboxylic acids is 1. The lowest BCUT2D eigenvalue weighted by atomic mass is 9.72. The van der Waals surface area contributed by atoms with E-state index in [1.807, 2.05) is 56.8 Å². The minimum atomic E-state index is -4.13. The van der Waals surface area contributed by atoms with Crippen molar-refractivity contribution in [1.82, 2.24) is 14.4 Å². The summed E-state index contributed by atoms with van der Waals surface area (Å²) in [4.78, 5) is 55.9. The molecule has 0 bridgehead atoms. The Morgan fingerprint density at radius 3 is 2.26 bits per heavy atom. The lowest BCUT2D eigenvalue weighted by Crippen LogP contribution is -2.61. The first-order chi connectivity index (χ1) is 38.3. The van der Waals surface area contributed by atoms with E-state index < -0.39 is 129 Å². The van der Waals surface area contributed by atoms with Crippen LogP contribution in [-0.2, 0) is 60.5 Å². The Morgan fingerprint density at radius 1 is 0.939 bits per heavy atom.